The summed E-state index contributed by atoms with van der Waals surface area (Å²) in [5.41, 5.74) is 1.69. The molecule has 4 heterocycles. The van der Waals surface area contributed by atoms with E-state index in [9.17, 15) is 9.18 Å². The van der Waals surface area contributed by atoms with Crippen LogP contribution < -0.4 is 5.56 Å². The standard InChI is InChI=1S/C22H19FN4O3S/c23-15-7-5-14(6-8-15)20-25-16(12-30-20)13-31-22-26-19-18(4-1-9-24-19)21(28)27(22)11-17-3-2-10-29-17/h1,4-9,12,17H,2-3,10-11,13H2. The van der Waals surface area contributed by atoms with Crippen LogP contribution >= 0.6 is 11.8 Å². The van der Waals surface area contributed by atoms with Crippen molar-refractivity contribution >= 4 is 22.8 Å². The number of oxazole rings is 1. The van der Waals surface area contributed by atoms with Crippen LogP contribution in [-0.2, 0) is 17.0 Å². The van der Waals surface area contributed by atoms with E-state index in [0.717, 1.165) is 19.4 Å². The van der Waals surface area contributed by atoms with Crippen molar-refractivity contribution in [3.63, 3.8) is 0 Å². The van der Waals surface area contributed by atoms with E-state index in [1.54, 1.807) is 41.3 Å². The molecular weight excluding hydrogens is 419 g/mol. The van der Waals surface area contributed by atoms with Crippen molar-refractivity contribution in [1.29, 1.82) is 0 Å². The van der Waals surface area contributed by atoms with Crippen molar-refractivity contribution in [2.75, 3.05) is 6.61 Å². The van der Waals surface area contributed by atoms with Crippen LogP contribution in [0.2, 0.25) is 0 Å². The second-order valence-electron chi connectivity index (χ2n) is 7.26. The molecule has 7 nitrogen and oxygen atoms in total. The van der Waals surface area contributed by atoms with Crippen LogP contribution in [0.4, 0.5) is 4.39 Å². The molecule has 9 heteroatoms. The van der Waals surface area contributed by atoms with Gasteiger partial charge in [0.15, 0.2) is 10.8 Å². The van der Waals surface area contributed by atoms with Crippen molar-refractivity contribution in [3.05, 3.63) is 70.7 Å². The van der Waals surface area contributed by atoms with E-state index in [2.05, 4.69) is 15.0 Å². The van der Waals surface area contributed by atoms with Crippen LogP contribution in [-0.4, -0.2) is 32.2 Å². The van der Waals surface area contributed by atoms with E-state index in [1.807, 2.05) is 0 Å². The maximum absolute atomic E-state index is 13.1. The third-order valence-electron chi connectivity index (χ3n) is 5.10. The third-order valence-corrected chi connectivity index (χ3v) is 6.11. The minimum Gasteiger partial charge on any atom is -0.444 e. The minimum atomic E-state index is -0.314. The van der Waals surface area contributed by atoms with Gasteiger partial charge in [0.25, 0.3) is 5.56 Å². The van der Waals surface area contributed by atoms with Crippen LogP contribution in [0.25, 0.3) is 22.5 Å². The van der Waals surface area contributed by atoms with Gasteiger partial charge in [0.05, 0.1) is 23.7 Å². The summed E-state index contributed by atoms with van der Waals surface area (Å²) in [5, 5.41) is 1.06. The Morgan fingerprint density at radius 1 is 1.19 bits per heavy atom. The Labute approximate surface area is 181 Å². The fraction of sp³-hybridized carbons (Fsp3) is 0.273. The lowest BCUT2D eigenvalue weighted by atomic mass is 10.2. The highest BCUT2D eigenvalue weighted by molar-refractivity contribution is 7.98. The van der Waals surface area contributed by atoms with Gasteiger partial charge in [0, 0.05) is 24.1 Å². The smallest absolute Gasteiger partial charge is 0.263 e. The Morgan fingerprint density at radius 3 is 2.87 bits per heavy atom. The van der Waals surface area contributed by atoms with Crippen LogP contribution in [0.1, 0.15) is 18.5 Å². The topological polar surface area (TPSA) is 83.0 Å². The molecule has 1 fully saturated rings. The summed E-state index contributed by atoms with van der Waals surface area (Å²) in [7, 11) is 0. The van der Waals surface area contributed by atoms with Gasteiger partial charge >= 0.3 is 0 Å². The number of aromatic nitrogens is 4. The Hall–Kier alpha value is -3.04. The number of ether oxygens (including phenoxy) is 1. The first-order valence-corrected chi connectivity index (χ1v) is 11.0. The summed E-state index contributed by atoms with van der Waals surface area (Å²) < 4.78 is 26.1. The lowest BCUT2D eigenvalue weighted by molar-refractivity contribution is 0.0937. The number of fused-ring (bicyclic) bond motifs is 1. The van der Waals surface area contributed by atoms with Crippen LogP contribution in [0, 0.1) is 5.82 Å². The van der Waals surface area contributed by atoms with Gasteiger partial charge in [-0.25, -0.2) is 19.3 Å². The molecule has 1 aromatic carbocycles. The molecule has 1 atom stereocenters. The van der Waals surface area contributed by atoms with Gasteiger partial charge in [-0.3, -0.25) is 9.36 Å². The van der Waals surface area contributed by atoms with E-state index in [1.165, 1.54) is 23.9 Å². The van der Waals surface area contributed by atoms with Crippen LogP contribution in [0.15, 0.2) is 63.2 Å². The van der Waals surface area contributed by atoms with Crippen molar-refractivity contribution < 1.29 is 13.5 Å². The number of rotatable bonds is 6. The molecule has 0 aliphatic carbocycles. The molecule has 0 bridgehead atoms. The molecule has 1 saturated heterocycles. The summed E-state index contributed by atoms with van der Waals surface area (Å²) in [6.07, 6.45) is 5.11. The second-order valence-corrected chi connectivity index (χ2v) is 8.20. The third kappa shape index (κ3) is 4.24. The van der Waals surface area contributed by atoms with Gasteiger partial charge in [0.2, 0.25) is 5.89 Å². The second kappa shape index (κ2) is 8.60. The highest BCUT2D eigenvalue weighted by Crippen LogP contribution is 2.25. The number of benzene rings is 1. The minimum absolute atomic E-state index is 0.00472. The monoisotopic (exact) mass is 438 g/mol. The molecule has 1 unspecified atom stereocenters. The van der Waals surface area contributed by atoms with E-state index >= 15 is 0 Å². The Kier molecular flexibility index (Phi) is 5.52. The molecule has 3 aromatic heterocycles. The highest BCUT2D eigenvalue weighted by Gasteiger charge is 2.21. The van der Waals surface area contributed by atoms with Gasteiger partial charge in [-0.05, 0) is 49.2 Å². The fourth-order valence-electron chi connectivity index (χ4n) is 3.54. The maximum Gasteiger partial charge on any atom is 0.263 e. The molecule has 0 amide bonds. The van der Waals surface area contributed by atoms with Crippen molar-refractivity contribution in [2.45, 2.75) is 36.4 Å². The zero-order valence-corrected chi connectivity index (χ0v) is 17.3. The van der Waals surface area contributed by atoms with Crippen LogP contribution in [0.5, 0.6) is 0 Å². The lowest BCUT2D eigenvalue weighted by Crippen LogP contribution is -2.29. The van der Waals surface area contributed by atoms with E-state index < -0.39 is 0 Å². The van der Waals surface area contributed by atoms with Crippen molar-refractivity contribution in [2.24, 2.45) is 0 Å². The zero-order chi connectivity index (χ0) is 21.2. The van der Waals surface area contributed by atoms with Gasteiger partial charge in [-0.15, -0.1) is 0 Å². The maximum atomic E-state index is 13.1. The Balaban J connectivity index is 1.41. The summed E-state index contributed by atoms with van der Waals surface area (Å²) >= 11 is 1.40. The molecule has 0 N–H and O–H groups in total. The molecule has 0 spiro atoms. The Morgan fingerprint density at radius 2 is 2.06 bits per heavy atom. The molecule has 158 valence electrons. The van der Waals surface area contributed by atoms with Gasteiger partial charge in [-0.2, -0.15) is 0 Å². The molecule has 1 aliphatic rings. The van der Waals surface area contributed by atoms with Crippen molar-refractivity contribution in [3.8, 4) is 11.5 Å². The summed E-state index contributed by atoms with van der Waals surface area (Å²) in [5.74, 6) is 0.563. The Bertz CT molecular complexity index is 1270. The summed E-state index contributed by atoms with van der Waals surface area (Å²) in [6.45, 7) is 1.17. The van der Waals surface area contributed by atoms with E-state index in [-0.39, 0.29) is 17.5 Å². The molecule has 31 heavy (non-hydrogen) atoms. The lowest BCUT2D eigenvalue weighted by Gasteiger charge is -2.15. The average molecular weight is 438 g/mol. The van der Waals surface area contributed by atoms with E-state index in [0.29, 0.717) is 45.6 Å². The molecular formula is C22H19FN4O3S. The number of pyridine rings is 1. The number of hydrogen-bond acceptors (Lipinski definition) is 7. The summed E-state index contributed by atoms with van der Waals surface area (Å²) in [6, 6.07) is 9.45. The largest absolute Gasteiger partial charge is 0.444 e. The van der Waals surface area contributed by atoms with Crippen LogP contribution in [0.3, 0.4) is 0 Å². The van der Waals surface area contributed by atoms with Crippen molar-refractivity contribution in [1.82, 2.24) is 19.5 Å². The molecule has 0 radical (unpaired) electrons. The highest BCUT2D eigenvalue weighted by atomic mass is 32.2. The first kappa shape index (κ1) is 19.9. The predicted molar refractivity (Wildman–Crippen MR) is 114 cm³/mol. The number of hydrogen-bond donors (Lipinski definition) is 0. The fourth-order valence-corrected chi connectivity index (χ4v) is 4.41. The van der Waals surface area contributed by atoms with Gasteiger partial charge < -0.3 is 9.15 Å². The molecule has 5 rings (SSSR count). The van der Waals surface area contributed by atoms with E-state index in [4.69, 9.17) is 9.15 Å². The predicted octanol–water partition coefficient (Wildman–Crippen LogP) is 4.06. The molecule has 4 aromatic rings. The molecule has 1 aliphatic heterocycles. The molecule has 0 saturated carbocycles. The van der Waals surface area contributed by atoms with Gasteiger partial charge in [0.1, 0.15) is 12.1 Å². The van der Waals surface area contributed by atoms with Gasteiger partial charge in [-0.1, -0.05) is 11.8 Å². The number of nitrogens with zero attached hydrogens (tertiary/aromatic N) is 4. The SMILES string of the molecule is O=c1c2cccnc2nc(SCc2coc(-c3ccc(F)cc3)n2)n1CC1CCCO1. The average Bonchev–Trinajstić information content (AvgIpc) is 3.47. The quantitative estimate of drug-likeness (QED) is 0.332. The normalized spacial score (nSPS) is 16.2. The summed E-state index contributed by atoms with van der Waals surface area (Å²) in [4.78, 5) is 26.5. The first-order chi connectivity index (χ1) is 15.2. The zero-order valence-electron chi connectivity index (χ0n) is 16.5. The number of halogens is 1. The number of thioether (sulfide) groups is 1. The first-order valence-electron chi connectivity index (χ1n) is 9.98.